The van der Waals surface area contributed by atoms with Gasteiger partial charge in [0.15, 0.2) is 0 Å². The summed E-state index contributed by atoms with van der Waals surface area (Å²) in [6.07, 6.45) is 3.79. The van der Waals surface area contributed by atoms with Crippen LogP contribution in [0.2, 0.25) is 0 Å². The van der Waals surface area contributed by atoms with Crippen molar-refractivity contribution < 1.29 is 24.5 Å². The van der Waals surface area contributed by atoms with E-state index in [0.717, 1.165) is 30.6 Å². The first-order chi connectivity index (χ1) is 13.7. The molecular formula is C24H32O5. The van der Waals surface area contributed by atoms with Crippen LogP contribution in [0.15, 0.2) is 23.0 Å². The van der Waals surface area contributed by atoms with Gasteiger partial charge in [0, 0.05) is 23.7 Å². The van der Waals surface area contributed by atoms with E-state index in [4.69, 9.17) is 9.47 Å². The fraction of sp³-hybridized carbons (Fsp3) is 0.792. The predicted molar refractivity (Wildman–Crippen MR) is 105 cm³/mol. The van der Waals surface area contributed by atoms with Gasteiger partial charge in [0.1, 0.15) is 17.5 Å². The van der Waals surface area contributed by atoms with Gasteiger partial charge in [-0.1, -0.05) is 25.5 Å². The molecule has 0 aromatic carbocycles. The Morgan fingerprint density at radius 2 is 1.93 bits per heavy atom. The number of aliphatic hydroxyl groups is 2. The summed E-state index contributed by atoms with van der Waals surface area (Å²) in [6, 6.07) is 0. The molecule has 0 amide bonds. The second-order valence-corrected chi connectivity index (χ2v) is 10.9. The number of carbonyl (C=O) groups is 1. The highest BCUT2D eigenvalue weighted by atomic mass is 16.6. The maximum Gasteiger partial charge on any atom is 0.338 e. The lowest BCUT2D eigenvalue weighted by molar-refractivity contribution is -0.154. The molecule has 0 radical (unpaired) electrons. The average Bonchev–Trinajstić information content (AvgIpc) is 3.16. The molecule has 3 fully saturated rings. The van der Waals surface area contributed by atoms with E-state index in [1.54, 1.807) is 0 Å². The third kappa shape index (κ3) is 2.11. The lowest BCUT2D eigenvalue weighted by Crippen LogP contribution is -2.49. The minimum Gasteiger partial charge on any atom is -0.491 e. The van der Waals surface area contributed by atoms with E-state index in [2.05, 4.69) is 26.8 Å². The molecule has 0 aromatic heterocycles. The smallest absolute Gasteiger partial charge is 0.338 e. The van der Waals surface area contributed by atoms with Gasteiger partial charge in [-0.3, -0.25) is 0 Å². The summed E-state index contributed by atoms with van der Waals surface area (Å²) in [4.78, 5) is 13.2. The summed E-state index contributed by atoms with van der Waals surface area (Å²) in [5.41, 5.74) is 1.77. The Hall–Kier alpha value is -1.33. The highest BCUT2D eigenvalue weighted by Crippen LogP contribution is 2.66. The van der Waals surface area contributed by atoms with Crippen LogP contribution in [0.4, 0.5) is 0 Å². The summed E-state index contributed by atoms with van der Waals surface area (Å²) in [6.45, 7) is 8.47. The Morgan fingerprint density at radius 1 is 1.17 bits per heavy atom. The first kappa shape index (κ1) is 18.4. The van der Waals surface area contributed by atoms with Gasteiger partial charge in [-0.2, -0.15) is 0 Å². The Morgan fingerprint density at radius 3 is 2.69 bits per heavy atom. The first-order valence-electron chi connectivity index (χ1n) is 11.4. The monoisotopic (exact) mass is 400 g/mol. The number of allylic oxidation sites excluding steroid dienone is 1. The summed E-state index contributed by atoms with van der Waals surface area (Å²) in [7, 11) is 0. The van der Waals surface area contributed by atoms with Crippen LogP contribution in [0.25, 0.3) is 0 Å². The number of rotatable bonds is 0. The molecule has 29 heavy (non-hydrogen) atoms. The molecule has 0 aromatic rings. The van der Waals surface area contributed by atoms with E-state index in [-0.39, 0.29) is 59.1 Å². The zero-order valence-electron chi connectivity index (χ0n) is 17.7. The Balaban J connectivity index is 1.55. The zero-order chi connectivity index (χ0) is 20.4. The fourth-order valence-electron chi connectivity index (χ4n) is 8.16. The van der Waals surface area contributed by atoms with E-state index in [9.17, 15) is 15.0 Å². The first-order valence-corrected chi connectivity index (χ1v) is 11.4. The summed E-state index contributed by atoms with van der Waals surface area (Å²) < 4.78 is 12.6. The molecule has 0 spiro atoms. The van der Waals surface area contributed by atoms with E-state index >= 15 is 0 Å². The van der Waals surface area contributed by atoms with E-state index in [1.165, 1.54) is 5.57 Å². The standard InChI is InChI=1S/C24H32O5/c1-9-7-13-17(21(26)11(3)20(13)25)16-12(9)8-14-18(16)19-22-10(2)15(28-23(19)27)5-6-24(14,4)29-22/h7,10-18,20-21,25-26H,5-6,8H2,1-4H3/t10-,11-,12-,13+,14+,15+,16-,17-,18+,20-,21+,24-/m1/s1. The average molecular weight is 401 g/mol. The highest BCUT2D eigenvalue weighted by molar-refractivity contribution is 5.91. The van der Waals surface area contributed by atoms with Crippen molar-refractivity contribution in [2.24, 2.45) is 47.3 Å². The third-order valence-corrected chi connectivity index (χ3v) is 9.72. The molecule has 3 aliphatic heterocycles. The molecule has 3 heterocycles. The molecule has 5 heteroatoms. The number of ether oxygens (including phenoxy) is 2. The normalized spacial score (nSPS) is 57.4. The van der Waals surface area contributed by atoms with Gasteiger partial charge in [0.2, 0.25) is 0 Å². The van der Waals surface area contributed by atoms with Crippen LogP contribution in [0.1, 0.15) is 47.0 Å². The van der Waals surface area contributed by atoms with Crippen molar-refractivity contribution in [3.8, 4) is 0 Å². The number of esters is 1. The molecule has 0 unspecified atom stereocenters. The van der Waals surface area contributed by atoms with Crippen LogP contribution in [-0.4, -0.2) is 40.1 Å². The zero-order valence-corrected chi connectivity index (χ0v) is 17.7. The van der Waals surface area contributed by atoms with Crippen LogP contribution in [0.3, 0.4) is 0 Å². The molecule has 12 atom stereocenters. The second-order valence-electron chi connectivity index (χ2n) is 10.9. The topological polar surface area (TPSA) is 76.0 Å². The Labute approximate surface area is 172 Å². The molecule has 6 rings (SSSR count). The van der Waals surface area contributed by atoms with Gasteiger partial charge >= 0.3 is 5.97 Å². The van der Waals surface area contributed by atoms with Crippen molar-refractivity contribution >= 4 is 5.97 Å². The van der Waals surface area contributed by atoms with Gasteiger partial charge < -0.3 is 19.7 Å². The van der Waals surface area contributed by atoms with Crippen molar-refractivity contribution in [2.45, 2.75) is 70.9 Å². The van der Waals surface area contributed by atoms with Gasteiger partial charge in [-0.15, -0.1) is 0 Å². The minimum atomic E-state index is -0.543. The maximum atomic E-state index is 13.2. The highest BCUT2D eigenvalue weighted by Gasteiger charge is 2.66. The number of fused-ring (bicyclic) bond motifs is 9. The molecule has 1 saturated heterocycles. The molecule has 5 nitrogen and oxygen atoms in total. The van der Waals surface area contributed by atoms with Gasteiger partial charge in [0.25, 0.3) is 0 Å². The summed E-state index contributed by atoms with van der Waals surface area (Å²) in [5.74, 6) is 1.34. The molecule has 158 valence electrons. The molecule has 2 saturated carbocycles. The van der Waals surface area contributed by atoms with Crippen LogP contribution < -0.4 is 0 Å². The van der Waals surface area contributed by atoms with E-state index < -0.39 is 12.2 Å². The number of hydrogen-bond acceptors (Lipinski definition) is 5. The lowest BCUT2D eigenvalue weighted by Gasteiger charge is -2.48. The largest absolute Gasteiger partial charge is 0.491 e. The molecule has 3 bridgehead atoms. The van der Waals surface area contributed by atoms with Crippen LogP contribution in [0.5, 0.6) is 0 Å². The lowest BCUT2D eigenvalue weighted by atomic mass is 9.63. The maximum absolute atomic E-state index is 13.2. The van der Waals surface area contributed by atoms with Crippen molar-refractivity contribution in [1.29, 1.82) is 0 Å². The van der Waals surface area contributed by atoms with Gasteiger partial charge in [-0.25, -0.2) is 4.79 Å². The number of carbonyl (C=O) groups excluding carboxylic acids is 1. The van der Waals surface area contributed by atoms with Gasteiger partial charge in [-0.05, 0) is 50.9 Å². The number of aliphatic hydroxyl groups excluding tert-OH is 2. The van der Waals surface area contributed by atoms with Crippen molar-refractivity contribution in [3.63, 3.8) is 0 Å². The van der Waals surface area contributed by atoms with Crippen molar-refractivity contribution in [1.82, 2.24) is 0 Å². The predicted octanol–water partition coefficient (Wildman–Crippen LogP) is 2.82. The van der Waals surface area contributed by atoms with Crippen molar-refractivity contribution in [3.05, 3.63) is 23.0 Å². The van der Waals surface area contributed by atoms with Gasteiger partial charge in [0.05, 0.1) is 23.7 Å². The second kappa shape index (κ2) is 5.67. The molecule has 3 aliphatic carbocycles. The summed E-state index contributed by atoms with van der Waals surface area (Å²) >= 11 is 0. The SMILES string of the molecule is CC1=C[C@@H]2[C@H](O)[C@@H](C)[C@H](O)[C@H]2[C@@H]2[C@H]3C4=C5O[C@](C)(CC[C@H](OC4=O)[C@H]5C)[C@H]3C[C@H]12. The van der Waals surface area contributed by atoms with Crippen LogP contribution in [0, 0.1) is 47.3 Å². The molecule has 2 N–H and O–H groups in total. The minimum absolute atomic E-state index is 0.0126. The van der Waals surface area contributed by atoms with E-state index in [0.29, 0.717) is 5.92 Å². The number of hydrogen-bond donors (Lipinski definition) is 2. The third-order valence-electron chi connectivity index (χ3n) is 9.72. The molecule has 6 aliphatic rings. The fourth-order valence-corrected chi connectivity index (χ4v) is 8.16. The summed E-state index contributed by atoms with van der Waals surface area (Å²) in [5, 5.41) is 22.0. The van der Waals surface area contributed by atoms with Crippen molar-refractivity contribution in [2.75, 3.05) is 0 Å². The quantitative estimate of drug-likeness (QED) is 0.483. The Bertz CT molecular complexity index is 844. The van der Waals surface area contributed by atoms with Crippen LogP contribution >= 0.6 is 0 Å². The van der Waals surface area contributed by atoms with E-state index in [1.807, 2.05) is 6.92 Å². The Kier molecular flexibility index (Phi) is 3.61. The van der Waals surface area contributed by atoms with Crippen LogP contribution in [-0.2, 0) is 14.3 Å². The molecular weight excluding hydrogens is 368 g/mol.